The summed E-state index contributed by atoms with van der Waals surface area (Å²) in [5, 5.41) is 11.2. The Morgan fingerprint density at radius 3 is 3.00 bits per heavy atom. The molecule has 0 spiro atoms. The predicted molar refractivity (Wildman–Crippen MR) is 81.4 cm³/mol. The molecule has 1 N–H and O–H groups in total. The Balaban J connectivity index is 2.03. The molecule has 0 bridgehead atoms. The summed E-state index contributed by atoms with van der Waals surface area (Å²) in [6.45, 7) is 0. The molecular weight excluding hydrogens is 312 g/mol. The third-order valence-corrected chi connectivity index (χ3v) is 4.25. The van der Waals surface area contributed by atoms with Crippen LogP contribution in [-0.2, 0) is 11.2 Å². The van der Waals surface area contributed by atoms with Crippen LogP contribution in [0.3, 0.4) is 0 Å². The van der Waals surface area contributed by atoms with Gasteiger partial charge in [0.2, 0.25) is 0 Å². The van der Waals surface area contributed by atoms with Crippen molar-refractivity contribution in [3.05, 3.63) is 40.5 Å². The summed E-state index contributed by atoms with van der Waals surface area (Å²) in [4.78, 5) is 16.1. The molecule has 3 rings (SSSR count). The van der Waals surface area contributed by atoms with E-state index in [2.05, 4.69) is 4.98 Å². The summed E-state index contributed by atoms with van der Waals surface area (Å²) in [7, 11) is 1.56. The van der Waals surface area contributed by atoms with Crippen molar-refractivity contribution in [3.63, 3.8) is 0 Å². The molecule has 0 unspecified atom stereocenters. The SMILES string of the molecule is COc1ccc(-c2cn3c(CC(=O)O)csc3n2)cc1Cl. The molecule has 0 aliphatic heterocycles. The van der Waals surface area contributed by atoms with E-state index in [1.54, 1.807) is 29.0 Å². The van der Waals surface area contributed by atoms with E-state index >= 15 is 0 Å². The Hall–Kier alpha value is -2.05. The molecule has 0 saturated heterocycles. The van der Waals surface area contributed by atoms with Crippen molar-refractivity contribution in [2.24, 2.45) is 0 Å². The standard InChI is InChI=1S/C14H11ClN2O3S/c1-20-12-3-2-8(4-10(12)15)11-6-17-9(5-13(18)19)7-21-14(17)16-11/h2-4,6-7H,5H2,1H3,(H,18,19). The summed E-state index contributed by atoms with van der Waals surface area (Å²) in [5.74, 6) is -0.259. The number of nitrogens with zero attached hydrogens (tertiary/aromatic N) is 2. The molecule has 21 heavy (non-hydrogen) atoms. The van der Waals surface area contributed by atoms with E-state index in [4.69, 9.17) is 21.4 Å². The Kier molecular flexibility index (Phi) is 3.57. The largest absolute Gasteiger partial charge is 0.495 e. The molecule has 0 atom stereocenters. The van der Waals surface area contributed by atoms with Crippen LogP contribution in [0.2, 0.25) is 5.02 Å². The van der Waals surface area contributed by atoms with Gasteiger partial charge in [-0.05, 0) is 18.2 Å². The van der Waals surface area contributed by atoms with Gasteiger partial charge >= 0.3 is 5.97 Å². The lowest BCUT2D eigenvalue weighted by molar-refractivity contribution is -0.136. The molecule has 7 heteroatoms. The fourth-order valence-corrected chi connectivity index (χ4v) is 3.21. The molecule has 0 aliphatic rings. The Morgan fingerprint density at radius 1 is 1.52 bits per heavy atom. The van der Waals surface area contributed by atoms with Gasteiger partial charge in [-0.15, -0.1) is 11.3 Å². The molecule has 0 amide bonds. The van der Waals surface area contributed by atoms with E-state index in [1.165, 1.54) is 11.3 Å². The van der Waals surface area contributed by atoms with Crippen LogP contribution in [0.1, 0.15) is 5.69 Å². The molecular formula is C14H11ClN2O3S. The lowest BCUT2D eigenvalue weighted by Gasteiger charge is -2.03. The molecule has 2 heterocycles. The third kappa shape index (κ3) is 2.59. The van der Waals surface area contributed by atoms with E-state index in [-0.39, 0.29) is 6.42 Å². The number of carbonyl (C=O) groups is 1. The number of carboxylic acid groups (broad SMARTS) is 1. The van der Waals surface area contributed by atoms with Crippen molar-refractivity contribution >= 4 is 33.9 Å². The monoisotopic (exact) mass is 322 g/mol. The molecule has 1 aromatic carbocycles. The number of aliphatic carboxylic acids is 1. The second-order valence-corrected chi connectivity index (χ2v) is 5.67. The molecule has 108 valence electrons. The quantitative estimate of drug-likeness (QED) is 0.800. The lowest BCUT2D eigenvalue weighted by Crippen LogP contribution is -2.02. The van der Waals surface area contributed by atoms with Crippen LogP contribution < -0.4 is 4.74 Å². The molecule has 0 radical (unpaired) electrons. The Bertz CT molecular complexity index is 825. The van der Waals surface area contributed by atoms with Crippen molar-refractivity contribution in [1.82, 2.24) is 9.38 Å². The number of fused-ring (bicyclic) bond motifs is 1. The van der Waals surface area contributed by atoms with Crippen LogP contribution >= 0.6 is 22.9 Å². The summed E-state index contributed by atoms with van der Waals surface area (Å²) in [6.07, 6.45) is 1.79. The molecule has 5 nitrogen and oxygen atoms in total. The van der Waals surface area contributed by atoms with Crippen molar-refractivity contribution in [2.45, 2.75) is 6.42 Å². The maximum absolute atomic E-state index is 10.8. The normalized spacial score (nSPS) is 11.0. The molecule has 3 aromatic rings. The van der Waals surface area contributed by atoms with Crippen molar-refractivity contribution in [2.75, 3.05) is 7.11 Å². The number of hydrogen-bond acceptors (Lipinski definition) is 4. The zero-order valence-corrected chi connectivity index (χ0v) is 12.6. The highest BCUT2D eigenvalue weighted by molar-refractivity contribution is 7.15. The molecule has 0 saturated carbocycles. The number of methoxy groups -OCH3 is 1. The smallest absolute Gasteiger partial charge is 0.309 e. The fraction of sp³-hybridized carbons (Fsp3) is 0.143. The van der Waals surface area contributed by atoms with Crippen molar-refractivity contribution in [1.29, 1.82) is 0 Å². The number of ether oxygens (including phenoxy) is 1. The van der Waals surface area contributed by atoms with Gasteiger partial charge in [0.1, 0.15) is 5.75 Å². The minimum Gasteiger partial charge on any atom is -0.495 e. The van der Waals surface area contributed by atoms with Crippen LogP contribution in [0.15, 0.2) is 29.8 Å². The zero-order valence-electron chi connectivity index (χ0n) is 11.0. The van der Waals surface area contributed by atoms with Gasteiger partial charge in [-0.2, -0.15) is 0 Å². The minimum atomic E-state index is -0.863. The van der Waals surface area contributed by atoms with Gasteiger partial charge in [-0.25, -0.2) is 4.98 Å². The highest BCUT2D eigenvalue weighted by Gasteiger charge is 2.12. The van der Waals surface area contributed by atoms with E-state index in [9.17, 15) is 4.79 Å². The first kappa shape index (κ1) is 13.9. The number of benzene rings is 1. The first-order chi connectivity index (χ1) is 10.1. The van der Waals surface area contributed by atoms with Gasteiger partial charge in [0.25, 0.3) is 0 Å². The predicted octanol–water partition coefficient (Wildman–Crippen LogP) is 3.35. The second-order valence-electron chi connectivity index (χ2n) is 4.43. The highest BCUT2D eigenvalue weighted by atomic mass is 35.5. The van der Waals surface area contributed by atoms with Gasteiger partial charge in [0.05, 0.1) is 24.2 Å². The second kappa shape index (κ2) is 5.38. The van der Waals surface area contributed by atoms with Crippen molar-refractivity contribution in [3.8, 4) is 17.0 Å². The first-order valence-corrected chi connectivity index (χ1v) is 7.35. The molecule has 0 aliphatic carbocycles. The molecule has 0 fully saturated rings. The van der Waals surface area contributed by atoms with Crippen LogP contribution in [-0.4, -0.2) is 27.6 Å². The van der Waals surface area contributed by atoms with Gasteiger partial charge in [0.15, 0.2) is 4.96 Å². The van der Waals surface area contributed by atoms with Crippen LogP contribution in [0, 0.1) is 0 Å². The number of aromatic nitrogens is 2. The number of carboxylic acids is 1. The van der Waals surface area contributed by atoms with Crippen LogP contribution in [0.25, 0.3) is 16.2 Å². The van der Waals surface area contributed by atoms with E-state index in [0.29, 0.717) is 16.5 Å². The van der Waals surface area contributed by atoms with Gasteiger partial charge in [-0.1, -0.05) is 11.6 Å². The average Bonchev–Trinajstić information content (AvgIpc) is 3.00. The van der Waals surface area contributed by atoms with Crippen LogP contribution in [0.5, 0.6) is 5.75 Å². The van der Waals surface area contributed by atoms with E-state index in [0.717, 1.165) is 16.2 Å². The maximum Gasteiger partial charge on any atom is 0.309 e. The summed E-state index contributed by atoms with van der Waals surface area (Å²) in [5.41, 5.74) is 2.32. The van der Waals surface area contributed by atoms with Gasteiger partial charge in [0, 0.05) is 22.8 Å². The maximum atomic E-state index is 10.8. The lowest BCUT2D eigenvalue weighted by atomic mass is 10.1. The number of imidazole rings is 1. The highest BCUT2D eigenvalue weighted by Crippen LogP contribution is 2.31. The minimum absolute atomic E-state index is 0.0286. The topological polar surface area (TPSA) is 63.8 Å². The van der Waals surface area contributed by atoms with E-state index in [1.807, 2.05) is 12.3 Å². The average molecular weight is 323 g/mol. The Morgan fingerprint density at radius 2 is 2.33 bits per heavy atom. The number of rotatable bonds is 4. The number of thiazole rings is 1. The summed E-state index contributed by atoms with van der Waals surface area (Å²) >= 11 is 7.53. The number of halogens is 1. The summed E-state index contributed by atoms with van der Waals surface area (Å²) in [6, 6.07) is 5.43. The zero-order chi connectivity index (χ0) is 15.0. The van der Waals surface area contributed by atoms with E-state index < -0.39 is 5.97 Å². The fourth-order valence-electron chi connectivity index (χ4n) is 2.08. The molecule has 2 aromatic heterocycles. The van der Waals surface area contributed by atoms with Gasteiger partial charge in [-0.3, -0.25) is 9.20 Å². The van der Waals surface area contributed by atoms with Gasteiger partial charge < -0.3 is 9.84 Å². The van der Waals surface area contributed by atoms with Crippen LogP contribution in [0.4, 0.5) is 0 Å². The first-order valence-electron chi connectivity index (χ1n) is 6.09. The number of hydrogen-bond donors (Lipinski definition) is 1. The van der Waals surface area contributed by atoms with Crippen molar-refractivity contribution < 1.29 is 14.6 Å². The summed E-state index contributed by atoms with van der Waals surface area (Å²) < 4.78 is 6.92. The Labute approximate surface area is 129 Å². The third-order valence-electron chi connectivity index (χ3n) is 3.06.